The lowest BCUT2D eigenvalue weighted by molar-refractivity contribution is -0.115. The maximum atomic E-state index is 13.7. The Hall–Kier alpha value is -2.60. The highest BCUT2D eigenvalue weighted by Crippen LogP contribution is 2.34. The van der Waals surface area contributed by atoms with Crippen LogP contribution in [0.2, 0.25) is 0 Å². The second-order valence-corrected chi connectivity index (χ2v) is 5.24. The Morgan fingerprint density at radius 2 is 2.00 bits per heavy atom. The van der Waals surface area contributed by atoms with Crippen molar-refractivity contribution >= 4 is 11.6 Å². The molecular weight excluding hydrogens is 299 g/mol. The number of benzene rings is 2. The van der Waals surface area contributed by atoms with Crippen LogP contribution in [-0.2, 0) is 4.79 Å². The van der Waals surface area contributed by atoms with Crippen LogP contribution in [-0.4, -0.2) is 19.2 Å². The van der Waals surface area contributed by atoms with Gasteiger partial charge in [-0.2, -0.15) is 0 Å². The molecular formula is C17H17FN2O3. The number of carbonyl (C=O) groups is 1. The minimum atomic E-state index is -0.288. The van der Waals surface area contributed by atoms with Crippen LogP contribution in [0, 0.1) is 5.82 Å². The number of carbonyl (C=O) groups excluding carboxylic acids is 1. The molecule has 1 unspecified atom stereocenters. The zero-order valence-corrected chi connectivity index (χ0v) is 12.6. The average Bonchev–Trinajstić information content (AvgIpc) is 3.01. The molecule has 0 radical (unpaired) electrons. The molecule has 1 amide bonds. The second-order valence-electron chi connectivity index (χ2n) is 5.24. The summed E-state index contributed by atoms with van der Waals surface area (Å²) in [6, 6.07) is 11.4. The summed E-state index contributed by atoms with van der Waals surface area (Å²) in [6.07, 6.45) is 0. The van der Waals surface area contributed by atoms with E-state index in [-0.39, 0.29) is 31.1 Å². The van der Waals surface area contributed by atoms with Gasteiger partial charge in [-0.1, -0.05) is 18.2 Å². The van der Waals surface area contributed by atoms with Crippen LogP contribution in [0.4, 0.5) is 10.1 Å². The second kappa shape index (κ2) is 6.66. The van der Waals surface area contributed by atoms with Gasteiger partial charge in [0.1, 0.15) is 5.82 Å². The van der Waals surface area contributed by atoms with Gasteiger partial charge in [-0.15, -0.1) is 0 Å². The van der Waals surface area contributed by atoms with Gasteiger partial charge in [0.25, 0.3) is 0 Å². The first-order valence-electron chi connectivity index (χ1n) is 7.31. The summed E-state index contributed by atoms with van der Waals surface area (Å²) in [4.78, 5) is 12.0. The maximum Gasteiger partial charge on any atom is 0.238 e. The van der Waals surface area contributed by atoms with Crippen molar-refractivity contribution in [2.75, 3.05) is 18.7 Å². The van der Waals surface area contributed by atoms with Gasteiger partial charge in [0.05, 0.1) is 6.54 Å². The Morgan fingerprint density at radius 1 is 1.22 bits per heavy atom. The van der Waals surface area contributed by atoms with Crippen LogP contribution in [0.1, 0.15) is 18.5 Å². The van der Waals surface area contributed by atoms with Crippen LogP contribution in [0.5, 0.6) is 11.5 Å². The summed E-state index contributed by atoms with van der Waals surface area (Å²) in [5.41, 5.74) is 1.16. The van der Waals surface area contributed by atoms with Crippen molar-refractivity contribution in [1.29, 1.82) is 0 Å². The summed E-state index contributed by atoms with van der Waals surface area (Å²) >= 11 is 0. The van der Waals surface area contributed by atoms with Gasteiger partial charge in [-0.3, -0.25) is 4.79 Å². The van der Waals surface area contributed by atoms with Crippen molar-refractivity contribution in [2.24, 2.45) is 0 Å². The number of halogens is 1. The molecule has 0 saturated heterocycles. The molecule has 0 fully saturated rings. The number of hydrogen-bond donors (Lipinski definition) is 2. The largest absolute Gasteiger partial charge is 0.454 e. The predicted octanol–water partition coefficient (Wildman–Crippen LogP) is 2.84. The molecule has 1 aliphatic heterocycles. The van der Waals surface area contributed by atoms with Crippen LogP contribution in [0.3, 0.4) is 0 Å². The molecule has 2 N–H and O–H groups in total. The molecule has 6 heteroatoms. The fourth-order valence-electron chi connectivity index (χ4n) is 2.36. The third-order valence-electron chi connectivity index (χ3n) is 3.60. The van der Waals surface area contributed by atoms with E-state index in [1.54, 1.807) is 36.4 Å². The molecule has 0 saturated carbocycles. The quantitative estimate of drug-likeness (QED) is 0.890. The molecule has 2 aromatic carbocycles. The number of ether oxygens (including phenoxy) is 2. The molecule has 1 atom stereocenters. The highest BCUT2D eigenvalue weighted by atomic mass is 19.1. The van der Waals surface area contributed by atoms with Gasteiger partial charge in [0.15, 0.2) is 11.5 Å². The van der Waals surface area contributed by atoms with Crippen molar-refractivity contribution in [3.05, 3.63) is 53.8 Å². The monoisotopic (exact) mass is 316 g/mol. The van der Waals surface area contributed by atoms with Crippen LogP contribution in [0.25, 0.3) is 0 Å². The van der Waals surface area contributed by atoms with Crippen LogP contribution < -0.4 is 20.1 Å². The maximum absolute atomic E-state index is 13.7. The van der Waals surface area contributed by atoms with E-state index < -0.39 is 0 Å². The summed E-state index contributed by atoms with van der Waals surface area (Å²) in [5.74, 6) is 0.764. The molecule has 3 rings (SSSR count). The van der Waals surface area contributed by atoms with Crippen molar-refractivity contribution in [2.45, 2.75) is 13.0 Å². The molecule has 0 aromatic heterocycles. The summed E-state index contributed by atoms with van der Waals surface area (Å²) in [6.45, 7) is 2.07. The number of amides is 1. The van der Waals surface area contributed by atoms with E-state index >= 15 is 0 Å². The van der Waals surface area contributed by atoms with Crippen molar-refractivity contribution in [3.8, 4) is 11.5 Å². The van der Waals surface area contributed by atoms with E-state index in [9.17, 15) is 9.18 Å². The summed E-state index contributed by atoms with van der Waals surface area (Å²) in [5, 5.41) is 5.77. The molecule has 0 aliphatic carbocycles. The SMILES string of the molecule is CC(NCC(=O)Nc1ccc2c(c1)OCO2)c1ccccc1F. The van der Waals surface area contributed by atoms with Gasteiger partial charge in [-0.05, 0) is 25.1 Å². The number of fused-ring (bicyclic) bond motifs is 1. The third-order valence-corrected chi connectivity index (χ3v) is 3.60. The summed E-state index contributed by atoms with van der Waals surface area (Å²) in [7, 11) is 0. The van der Waals surface area contributed by atoms with E-state index in [4.69, 9.17) is 9.47 Å². The fraction of sp³-hybridized carbons (Fsp3) is 0.235. The molecule has 1 heterocycles. The van der Waals surface area contributed by atoms with E-state index in [2.05, 4.69) is 10.6 Å². The molecule has 0 bridgehead atoms. The number of anilines is 1. The Balaban J connectivity index is 1.54. The third kappa shape index (κ3) is 3.60. The highest BCUT2D eigenvalue weighted by Gasteiger charge is 2.15. The van der Waals surface area contributed by atoms with Gasteiger partial charge < -0.3 is 20.1 Å². The lowest BCUT2D eigenvalue weighted by Crippen LogP contribution is -2.30. The zero-order chi connectivity index (χ0) is 16.2. The van der Waals surface area contributed by atoms with E-state index in [0.29, 0.717) is 22.7 Å². The first-order valence-corrected chi connectivity index (χ1v) is 7.31. The first-order chi connectivity index (χ1) is 11.1. The molecule has 5 nitrogen and oxygen atoms in total. The minimum absolute atomic E-state index is 0.0734. The Labute approximate surface area is 133 Å². The molecule has 120 valence electrons. The Kier molecular flexibility index (Phi) is 4.43. The Bertz CT molecular complexity index is 721. The Morgan fingerprint density at radius 3 is 2.83 bits per heavy atom. The lowest BCUT2D eigenvalue weighted by Gasteiger charge is -2.15. The van der Waals surface area contributed by atoms with Crippen LogP contribution >= 0.6 is 0 Å². The standard InChI is InChI=1S/C17H17FN2O3/c1-11(13-4-2-3-5-14(13)18)19-9-17(21)20-12-6-7-15-16(8-12)23-10-22-15/h2-8,11,19H,9-10H2,1H3,(H,20,21). The fourth-order valence-corrected chi connectivity index (χ4v) is 2.36. The van der Waals surface area contributed by atoms with Crippen LogP contribution in [0.15, 0.2) is 42.5 Å². The molecule has 1 aliphatic rings. The van der Waals surface area contributed by atoms with E-state index in [1.165, 1.54) is 6.07 Å². The summed E-state index contributed by atoms with van der Waals surface area (Å²) < 4.78 is 24.1. The normalized spacial score (nSPS) is 13.7. The van der Waals surface area contributed by atoms with Crippen molar-refractivity contribution in [1.82, 2.24) is 5.32 Å². The van der Waals surface area contributed by atoms with Gasteiger partial charge >= 0.3 is 0 Å². The van der Waals surface area contributed by atoms with Gasteiger partial charge in [0.2, 0.25) is 12.7 Å². The van der Waals surface area contributed by atoms with Gasteiger partial charge in [0, 0.05) is 23.4 Å². The topological polar surface area (TPSA) is 59.6 Å². The zero-order valence-electron chi connectivity index (χ0n) is 12.6. The lowest BCUT2D eigenvalue weighted by atomic mass is 10.1. The van der Waals surface area contributed by atoms with E-state index in [0.717, 1.165) is 0 Å². The predicted molar refractivity (Wildman–Crippen MR) is 84.0 cm³/mol. The van der Waals surface area contributed by atoms with Crippen molar-refractivity contribution in [3.63, 3.8) is 0 Å². The van der Waals surface area contributed by atoms with Crippen molar-refractivity contribution < 1.29 is 18.7 Å². The molecule has 23 heavy (non-hydrogen) atoms. The number of rotatable bonds is 5. The smallest absolute Gasteiger partial charge is 0.238 e. The van der Waals surface area contributed by atoms with Gasteiger partial charge in [-0.25, -0.2) is 4.39 Å². The number of hydrogen-bond acceptors (Lipinski definition) is 4. The first kappa shape index (κ1) is 15.3. The average molecular weight is 316 g/mol. The number of nitrogens with one attached hydrogen (secondary N) is 2. The molecule has 2 aromatic rings. The highest BCUT2D eigenvalue weighted by molar-refractivity contribution is 5.92. The van der Waals surface area contributed by atoms with E-state index in [1.807, 2.05) is 6.92 Å². The molecule has 0 spiro atoms. The minimum Gasteiger partial charge on any atom is -0.454 e.